The lowest BCUT2D eigenvalue weighted by Gasteiger charge is -2.13. The van der Waals surface area contributed by atoms with Crippen LogP contribution in [0.5, 0.6) is 5.75 Å². The van der Waals surface area contributed by atoms with Crippen LogP contribution in [-0.2, 0) is 13.2 Å². The largest absolute Gasteiger partial charge is 0.489 e. The van der Waals surface area contributed by atoms with E-state index in [0.717, 1.165) is 36.4 Å². The van der Waals surface area contributed by atoms with Crippen molar-refractivity contribution in [2.75, 3.05) is 6.54 Å². The molecule has 0 aliphatic heterocycles. The lowest BCUT2D eigenvalue weighted by molar-refractivity contribution is 0.302. The summed E-state index contributed by atoms with van der Waals surface area (Å²) >= 11 is 12.1. The topological polar surface area (TPSA) is 21.3 Å². The van der Waals surface area contributed by atoms with Crippen LogP contribution in [0.3, 0.4) is 0 Å². The molecule has 0 fully saturated rings. The summed E-state index contributed by atoms with van der Waals surface area (Å²) in [4.78, 5) is 0. The van der Waals surface area contributed by atoms with Gasteiger partial charge in [-0.2, -0.15) is 0 Å². The minimum Gasteiger partial charge on any atom is -0.489 e. The van der Waals surface area contributed by atoms with Gasteiger partial charge in [-0.15, -0.1) is 0 Å². The minimum absolute atomic E-state index is 0.407. The van der Waals surface area contributed by atoms with Crippen LogP contribution in [0.25, 0.3) is 0 Å². The molecular weight excluding hydrogens is 305 g/mol. The highest BCUT2D eigenvalue weighted by molar-refractivity contribution is 6.33. The normalized spacial score (nSPS) is 10.6. The van der Waals surface area contributed by atoms with Crippen molar-refractivity contribution in [3.05, 3.63) is 63.6 Å². The molecule has 0 amide bonds. The molecule has 0 saturated heterocycles. The predicted octanol–water partition coefficient (Wildman–Crippen LogP) is 5.07. The summed E-state index contributed by atoms with van der Waals surface area (Å²) in [6.45, 7) is 4.35. The van der Waals surface area contributed by atoms with Crippen molar-refractivity contribution in [1.29, 1.82) is 0 Å². The maximum atomic E-state index is 6.15. The maximum Gasteiger partial charge on any atom is 0.124 e. The van der Waals surface area contributed by atoms with Crippen LogP contribution in [0.2, 0.25) is 10.0 Å². The van der Waals surface area contributed by atoms with E-state index in [2.05, 4.69) is 18.3 Å². The minimum atomic E-state index is 0.407. The third-order valence-corrected chi connectivity index (χ3v) is 3.71. The molecule has 1 N–H and O–H groups in total. The van der Waals surface area contributed by atoms with Crippen LogP contribution < -0.4 is 10.1 Å². The molecule has 0 atom stereocenters. The summed E-state index contributed by atoms with van der Waals surface area (Å²) in [6.07, 6.45) is 1.11. The SMILES string of the molecule is CCCNCc1ccccc1OCc1cc(Cl)ccc1Cl. The van der Waals surface area contributed by atoms with Crippen molar-refractivity contribution in [3.63, 3.8) is 0 Å². The first-order valence-corrected chi connectivity index (χ1v) is 7.81. The van der Waals surface area contributed by atoms with Crippen molar-refractivity contribution in [1.82, 2.24) is 5.32 Å². The lowest BCUT2D eigenvalue weighted by atomic mass is 10.2. The van der Waals surface area contributed by atoms with Gasteiger partial charge in [-0.05, 0) is 37.2 Å². The van der Waals surface area contributed by atoms with Gasteiger partial charge in [0.05, 0.1) is 0 Å². The fourth-order valence-electron chi connectivity index (χ4n) is 2.00. The number of hydrogen-bond donors (Lipinski definition) is 1. The molecular formula is C17H19Cl2NO. The number of nitrogens with one attached hydrogen (secondary N) is 1. The molecule has 2 rings (SSSR count). The van der Waals surface area contributed by atoms with Crippen molar-refractivity contribution >= 4 is 23.2 Å². The number of hydrogen-bond acceptors (Lipinski definition) is 2. The monoisotopic (exact) mass is 323 g/mol. The van der Waals surface area contributed by atoms with Gasteiger partial charge in [0.2, 0.25) is 0 Å². The Labute approximate surface area is 136 Å². The Morgan fingerprint density at radius 1 is 1.05 bits per heavy atom. The summed E-state index contributed by atoms with van der Waals surface area (Å²) in [6, 6.07) is 13.4. The highest BCUT2D eigenvalue weighted by atomic mass is 35.5. The van der Waals surface area contributed by atoms with Gasteiger partial charge in [-0.3, -0.25) is 0 Å². The second-order valence-corrected chi connectivity index (χ2v) is 5.65. The maximum absolute atomic E-state index is 6.15. The first-order valence-electron chi connectivity index (χ1n) is 7.06. The molecule has 0 aromatic heterocycles. The smallest absolute Gasteiger partial charge is 0.124 e. The van der Waals surface area contributed by atoms with E-state index in [0.29, 0.717) is 16.7 Å². The van der Waals surface area contributed by atoms with E-state index < -0.39 is 0 Å². The van der Waals surface area contributed by atoms with Crippen molar-refractivity contribution in [2.24, 2.45) is 0 Å². The first kappa shape index (κ1) is 16.2. The lowest BCUT2D eigenvalue weighted by Crippen LogP contribution is -2.14. The third kappa shape index (κ3) is 4.92. The molecule has 21 heavy (non-hydrogen) atoms. The number of ether oxygens (including phenoxy) is 1. The molecule has 112 valence electrons. The van der Waals surface area contributed by atoms with E-state index in [4.69, 9.17) is 27.9 Å². The van der Waals surface area contributed by atoms with Gasteiger partial charge >= 0.3 is 0 Å². The third-order valence-electron chi connectivity index (χ3n) is 3.11. The van der Waals surface area contributed by atoms with E-state index in [1.165, 1.54) is 0 Å². The Bertz CT molecular complexity index is 587. The Hall–Kier alpha value is -1.22. The van der Waals surface area contributed by atoms with Crippen LogP contribution in [0.15, 0.2) is 42.5 Å². The Balaban J connectivity index is 2.04. The molecule has 0 bridgehead atoms. The van der Waals surface area contributed by atoms with Crippen LogP contribution in [0, 0.1) is 0 Å². The highest BCUT2D eigenvalue weighted by Gasteiger charge is 2.06. The average molecular weight is 324 g/mol. The van der Waals surface area contributed by atoms with Gasteiger partial charge < -0.3 is 10.1 Å². The van der Waals surface area contributed by atoms with Crippen molar-refractivity contribution in [3.8, 4) is 5.75 Å². The Morgan fingerprint density at radius 2 is 1.86 bits per heavy atom. The summed E-state index contributed by atoms with van der Waals surface area (Å²) in [5.74, 6) is 0.872. The van der Waals surface area contributed by atoms with Gasteiger partial charge in [0, 0.05) is 27.7 Å². The summed E-state index contributed by atoms with van der Waals surface area (Å²) in [5.41, 5.74) is 2.03. The van der Waals surface area contributed by atoms with Gasteiger partial charge in [-0.1, -0.05) is 48.3 Å². The molecule has 2 aromatic rings. The molecule has 4 heteroatoms. The highest BCUT2D eigenvalue weighted by Crippen LogP contribution is 2.24. The molecule has 0 saturated carbocycles. The fourth-order valence-corrected chi connectivity index (χ4v) is 2.37. The second kappa shape index (κ2) is 8.28. The second-order valence-electron chi connectivity index (χ2n) is 4.81. The molecule has 0 aliphatic carbocycles. The molecule has 0 radical (unpaired) electrons. The van der Waals surface area contributed by atoms with Crippen LogP contribution >= 0.6 is 23.2 Å². The molecule has 0 spiro atoms. The van der Waals surface area contributed by atoms with Gasteiger partial charge in [0.1, 0.15) is 12.4 Å². The molecule has 0 heterocycles. The molecule has 2 aromatic carbocycles. The average Bonchev–Trinajstić information content (AvgIpc) is 2.49. The van der Waals surface area contributed by atoms with E-state index in [9.17, 15) is 0 Å². The number of benzene rings is 2. The van der Waals surface area contributed by atoms with Crippen molar-refractivity contribution < 1.29 is 4.74 Å². The summed E-state index contributed by atoms with van der Waals surface area (Å²) < 4.78 is 5.91. The van der Waals surface area contributed by atoms with E-state index >= 15 is 0 Å². The van der Waals surface area contributed by atoms with Crippen molar-refractivity contribution in [2.45, 2.75) is 26.5 Å². The standard InChI is InChI=1S/C17H19Cl2NO/c1-2-9-20-11-13-5-3-4-6-17(13)21-12-14-10-15(18)7-8-16(14)19/h3-8,10,20H,2,9,11-12H2,1H3. The van der Waals surface area contributed by atoms with Gasteiger partial charge in [-0.25, -0.2) is 0 Å². The zero-order chi connectivity index (χ0) is 15.1. The zero-order valence-corrected chi connectivity index (χ0v) is 13.5. The summed E-state index contributed by atoms with van der Waals surface area (Å²) in [5, 5.41) is 4.71. The van der Waals surface area contributed by atoms with E-state index in [1.807, 2.05) is 24.3 Å². The zero-order valence-electron chi connectivity index (χ0n) is 12.0. The van der Waals surface area contributed by atoms with Crippen LogP contribution in [0.1, 0.15) is 24.5 Å². The number of rotatable bonds is 7. The Kier molecular flexibility index (Phi) is 6.37. The van der Waals surface area contributed by atoms with Crippen LogP contribution in [0.4, 0.5) is 0 Å². The van der Waals surface area contributed by atoms with E-state index in [-0.39, 0.29) is 0 Å². The quantitative estimate of drug-likeness (QED) is 0.718. The first-order chi connectivity index (χ1) is 10.2. The summed E-state index contributed by atoms with van der Waals surface area (Å²) in [7, 11) is 0. The Morgan fingerprint density at radius 3 is 2.67 bits per heavy atom. The van der Waals surface area contributed by atoms with E-state index in [1.54, 1.807) is 12.1 Å². The number of halogens is 2. The molecule has 0 unspecified atom stereocenters. The van der Waals surface area contributed by atoms with Crippen LogP contribution in [-0.4, -0.2) is 6.54 Å². The molecule has 2 nitrogen and oxygen atoms in total. The number of para-hydroxylation sites is 1. The predicted molar refractivity (Wildman–Crippen MR) is 89.2 cm³/mol. The fraction of sp³-hybridized carbons (Fsp3) is 0.294. The van der Waals surface area contributed by atoms with Gasteiger partial charge in [0.15, 0.2) is 0 Å². The molecule has 0 aliphatic rings. The van der Waals surface area contributed by atoms with Gasteiger partial charge in [0.25, 0.3) is 0 Å².